The number of nitrogens with two attached hydrogens (primary N) is 2. The minimum atomic E-state index is -1.66. The molecule has 0 bridgehead atoms. The number of nitrogens with one attached hydrogen (secondary N) is 3. The van der Waals surface area contributed by atoms with Crippen molar-refractivity contribution in [1.82, 2.24) is 16.0 Å². The van der Waals surface area contributed by atoms with Crippen LogP contribution < -0.4 is 27.4 Å². The lowest BCUT2D eigenvalue weighted by molar-refractivity contribution is -0.147. The highest BCUT2D eigenvalue weighted by Gasteiger charge is 2.31. The quantitative estimate of drug-likeness (QED) is 0.134. The highest BCUT2D eigenvalue weighted by Crippen LogP contribution is 2.09. The van der Waals surface area contributed by atoms with Gasteiger partial charge in [-0.25, -0.2) is 4.79 Å². The first-order valence-corrected chi connectivity index (χ1v) is 12.3. The number of aliphatic carboxylic acids is 2. The van der Waals surface area contributed by atoms with E-state index < -0.39 is 60.2 Å². The number of carbonyl (C=O) groups is 5. The average Bonchev–Trinajstić information content (AvgIpc) is 2.82. The largest absolute Gasteiger partial charge is 0.481 e. The lowest BCUT2D eigenvalue weighted by Crippen LogP contribution is -2.57. The number of rotatable bonds is 17. The molecule has 3 amide bonds. The highest BCUT2D eigenvalue weighted by atomic mass is 16.4. The Bertz CT molecular complexity index is 910. The zero-order valence-electron chi connectivity index (χ0n) is 21.3. The number of hydrogen-bond acceptors (Lipinski definition) is 7. The van der Waals surface area contributed by atoms with E-state index in [1.807, 2.05) is 44.2 Å². The van der Waals surface area contributed by atoms with Crippen LogP contribution in [0.1, 0.15) is 51.5 Å². The van der Waals surface area contributed by atoms with Crippen LogP contribution in [0.25, 0.3) is 0 Å². The number of carbonyl (C=O) groups excluding carboxylic acids is 3. The summed E-state index contributed by atoms with van der Waals surface area (Å²) >= 11 is 0. The van der Waals surface area contributed by atoms with E-state index in [0.717, 1.165) is 5.56 Å². The van der Waals surface area contributed by atoms with Crippen LogP contribution in [0.4, 0.5) is 0 Å². The van der Waals surface area contributed by atoms with Crippen LogP contribution in [0.2, 0.25) is 0 Å². The molecule has 12 heteroatoms. The fraction of sp³-hybridized carbons (Fsp3) is 0.560. The van der Waals surface area contributed by atoms with Gasteiger partial charge in [0.05, 0.1) is 12.5 Å². The molecule has 1 rings (SSSR count). The first-order valence-electron chi connectivity index (χ1n) is 12.3. The van der Waals surface area contributed by atoms with E-state index in [1.165, 1.54) is 0 Å². The second-order valence-electron chi connectivity index (χ2n) is 9.33. The molecule has 12 nitrogen and oxygen atoms in total. The summed E-state index contributed by atoms with van der Waals surface area (Å²) in [7, 11) is 0. The van der Waals surface area contributed by atoms with E-state index >= 15 is 0 Å². The molecule has 4 unspecified atom stereocenters. The number of carboxylic acid groups (broad SMARTS) is 2. The van der Waals surface area contributed by atoms with Crippen molar-refractivity contribution in [2.75, 3.05) is 6.54 Å². The Balaban J connectivity index is 2.97. The first-order chi connectivity index (χ1) is 17.4. The molecule has 1 aromatic carbocycles. The van der Waals surface area contributed by atoms with Gasteiger partial charge in [0.25, 0.3) is 0 Å². The molecular formula is C25H39N5O7. The van der Waals surface area contributed by atoms with Gasteiger partial charge in [-0.3, -0.25) is 19.2 Å². The van der Waals surface area contributed by atoms with Crippen molar-refractivity contribution in [3.05, 3.63) is 35.9 Å². The highest BCUT2D eigenvalue weighted by molar-refractivity contribution is 5.94. The Morgan fingerprint density at radius 2 is 1.41 bits per heavy atom. The molecule has 1 aromatic rings. The second kappa shape index (κ2) is 16.3. The molecule has 206 valence electrons. The van der Waals surface area contributed by atoms with Crippen LogP contribution in [0, 0.1) is 5.92 Å². The average molecular weight is 522 g/mol. The molecule has 0 saturated heterocycles. The van der Waals surface area contributed by atoms with E-state index in [2.05, 4.69) is 16.0 Å². The minimum Gasteiger partial charge on any atom is -0.481 e. The molecule has 0 saturated carbocycles. The zero-order chi connectivity index (χ0) is 28.0. The van der Waals surface area contributed by atoms with Crippen LogP contribution >= 0.6 is 0 Å². The van der Waals surface area contributed by atoms with Gasteiger partial charge in [0.15, 0.2) is 0 Å². The maximum Gasteiger partial charge on any atom is 0.326 e. The van der Waals surface area contributed by atoms with Crippen molar-refractivity contribution in [1.29, 1.82) is 0 Å². The van der Waals surface area contributed by atoms with Crippen molar-refractivity contribution < 1.29 is 34.2 Å². The summed E-state index contributed by atoms with van der Waals surface area (Å²) in [5.41, 5.74) is 12.5. The Morgan fingerprint density at radius 3 is 1.95 bits per heavy atom. The summed E-state index contributed by atoms with van der Waals surface area (Å²) in [5, 5.41) is 25.6. The molecule has 9 N–H and O–H groups in total. The van der Waals surface area contributed by atoms with Crippen LogP contribution in [0.5, 0.6) is 0 Å². The van der Waals surface area contributed by atoms with E-state index in [1.54, 1.807) is 0 Å². The minimum absolute atomic E-state index is 0.0663. The Labute approximate surface area is 216 Å². The van der Waals surface area contributed by atoms with Gasteiger partial charge in [0.1, 0.15) is 18.1 Å². The van der Waals surface area contributed by atoms with Crippen molar-refractivity contribution in [3.63, 3.8) is 0 Å². The third-order valence-corrected chi connectivity index (χ3v) is 5.55. The first kappa shape index (κ1) is 31.5. The maximum atomic E-state index is 13.2. The predicted octanol–water partition coefficient (Wildman–Crippen LogP) is -0.255. The van der Waals surface area contributed by atoms with Gasteiger partial charge in [-0.1, -0.05) is 44.2 Å². The van der Waals surface area contributed by atoms with Gasteiger partial charge in [0, 0.05) is 0 Å². The normalized spacial score (nSPS) is 14.2. The number of unbranched alkanes of at least 4 members (excludes halogenated alkanes) is 1. The van der Waals surface area contributed by atoms with Crippen LogP contribution in [-0.2, 0) is 30.4 Å². The number of amides is 3. The fourth-order valence-electron chi connectivity index (χ4n) is 3.62. The summed E-state index contributed by atoms with van der Waals surface area (Å²) in [5.74, 6) is -4.97. The molecule has 0 heterocycles. The lowest BCUT2D eigenvalue weighted by atomic mass is 10.0. The molecule has 0 aliphatic carbocycles. The van der Waals surface area contributed by atoms with Crippen molar-refractivity contribution in [2.45, 2.75) is 76.5 Å². The van der Waals surface area contributed by atoms with Gasteiger partial charge in [-0.2, -0.15) is 0 Å². The van der Waals surface area contributed by atoms with E-state index in [4.69, 9.17) is 16.6 Å². The summed E-state index contributed by atoms with van der Waals surface area (Å²) < 4.78 is 0. The number of hydrogen-bond donors (Lipinski definition) is 7. The van der Waals surface area contributed by atoms with E-state index in [-0.39, 0.29) is 25.2 Å². The third kappa shape index (κ3) is 12.3. The molecule has 0 fully saturated rings. The zero-order valence-corrected chi connectivity index (χ0v) is 21.3. The third-order valence-electron chi connectivity index (χ3n) is 5.55. The Hall–Kier alpha value is -3.51. The molecule has 0 aliphatic heterocycles. The maximum absolute atomic E-state index is 13.2. The molecule has 0 aliphatic rings. The fourth-order valence-corrected chi connectivity index (χ4v) is 3.62. The standard InChI is InChI=1S/C25H39N5O7/c1-15(2)12-19(24(35)30-20(25(36)37)14-21(31)32)29-23(34)18(10-6-7-11-26)28-22(33)17(27)13-16-8-4-3-5-9-16/h3-5,8-9,15,17-20H,6-7,10-14,26-27H2,1-2H3,(H,28,33)(H,29,34)(H,30,35)(H,31,32)(H,36,37). The van der Waals surface area contributed by atoms with Gasteiger partial charge in [-0.15, -0.1) is 0 Å². The Kier molecular flexibility index (Phi) is 13.9. The second-order valence-corrected chi connectivity index (χ2v) is 9.33. The van der Waals surface area contributed by atoms with Crippen molar-refractivity contribution in [2.24, 2.45) is 17.4 Å². The summed E-state index contributed by atoms with van der Waals surface area (Å²) in [4.78, 5) is 61.1. The van der Waals surface area contributed by atoms with Crippen molar-refractivity contribution >= 4 is 29.7 Å². The van der Waals surface area contributed by atoms with Gasteiger partial charge in [0.2, 0.25) is 17.7 Å². The van der Waals surface area contributed by atoms with Gasteiger partial charge < -0.3 is 37.6 Å². The smallest absolute Gasteiger partial charge is 0.326 e. The Morgan fingerprint density at radius 1 is 0.838 bits per heavy atom. The molecule has 4 atom stereocenters. The molecular weight excluding hydrogens is 482 g/mol. The van der Waals surface area contributed by atoms with Crippen LogP contribution in [0.15, 0.2) is 30.3 Å². The van der Waals surface area contributed by atoms with Crippen LogP contribution in [0.3, 0.4) is 0 Å². The molecule has 0 aromatic heterocycles. The van der Waals surface area contributed by atoms with E-state index in [9.17, 15) is 29.1 Å². The van der Waals surface area contributed by atoms with Gasteiger partial charge in [-0.05, 0) is 50.1 Å². The lowest BCUT2D eigenvalue weighted by Gasteiger charge is -2.26. The summed E-state index contributed by atoms with van der Waals surface area (Å²) in [6, 6.07) is 4.46. The molecule has 0 spiro atoms. The van der Waals surface area contributed by atoms with Crippen LogP contribution in [-0.4, -0.2) is 70.6 Å². The molecule has 37 heavy (non-hydrogen) atoms. The summed E-state index contributed by atoms with van der Waals surface area (Å²) in [6.07, 6.45) is 1.00. The predicted molar refractivity (Wildman–Crippen MR) is 136 cm³/mol. The molecule has 0 radical (unpaired) electrons. The topological polar surface area (TPSA) is 214 Å². The number of benzene rings is 1. The van der Waals surface area contributed by atoms with Gasteiger partial charge >= 0.3 is 11.9 Å². The summed E-state index contributed by atoms with van der Waals surface area (Å²) in [6.45, 7) is 4.01. The van der Waals surface area contributed by atoms with E-state index in [0.29, 0.717) is 19.4 Å². The monoisotopic (exact) mass is 521 g/mol. The number of carboxylic acids is 2. The van der Waals surface area contributed by atoms with Crippen molar-refractivity contribution in [3.8, 4) is 0 Å². The SMILES string of the molecule is CC(C)CC(NC(=O)C(CCCCN)NC(=O)C(N)Cc1ccccc1)C(=O)NC(CC(=O)O)C(=O)O.